The summed E-state index contributed by atoms with van der Waals surface area (Å²) in [5.74, 6) is -2.29. The summed E-state index contributed by atoms with van der Waals surface area (Å²) in [6.07, 6.45) is 0. The van der Waals surface area contributed by atoms with Gasteiger partial charge >= 0.3 is 0 Å². The largest absolute Gasteiger partial charge is 0.338 e. The molecule has 1 fully saturated rings. The van der Waals surface area contributed by atoms with Crippen molar-refractivity contribution in [3.05, 3.63) is 47.5 Å². The van der Waals surface area contributed by atoms with E-state index in [0.717, 1.165) is 17.7 Å². The van der Waals surface area contributed by atoms with Gasteiger partial charge in [0.1, 0.15) is 0 Å². The van der Waals surface area contributed by atoms with E-state index in [1.807, 2.05) is 25.7 Å². The SMILES string of the molecule is C=C(C)CN(CC)C(=O)C(C)N1CCN(C(=O)c2ccc(F)c(F)c2)CC1. The van der Waals surface area contributed by atoms with Crippen LogP contribution in [-0.4, -0.2) is 71.8 Å². The molecule has 2 amide bonds. The van der Waals surface area contributed by atoms with Gasteiger partial charge in [-0.25, -0.2) is 8.78 Å². The average molecular weight is 379 g/mol. The van der Waals surface area contributed by atoms with Gasteiger partial charge in [0.05, 0.1) is 6.04 Å². The lowest BCUT2D eigenvalue weighted by molar-refractivity contribution is -0.136. The van der Waals surface area contributed by atoms with Gasteiger partial charge in [0, 0.05) is 44.8 Å². The molecule has 0 radical (unpaired) electrons. The molecule has 1 unspecified atom stereocenters. The molecule has 1 aliphatic heterocycles. The normalized spacial score (nSPS) is 16.1. The Morgan fingerprint density at radius 2 is 1.81 bits per heavy atom. The Labute approximate surface area is 159 Å². The van der Waals surface area contributed by atoms with Crippen LogP contribution in [0.5, 0.6) is 0 Å². The number of carbonyl (C=O) groups excluding carboxylic acids is 2. The molecule has 7 heteroatoms. The quantitative estimate of drug-likeness (QED) is 0.714. The van der Waals surface area contributed by atoms with Crippen LogP contribution in [0.25, 0.3) is 0 Å². The first-order valence-electron chi connectivity index (χ1n) is 9.16. The van der Waals surface area contributed by atoms with Crippen LogP contribution in [0.2, 0.25) is 0 Å². The first kappa shape index (κ1) is 21.0. The van der Waals surface area contributed by atoms with Crippen molar-refractivity contribution in [2.24, 2.45) is 0 Å². The number of hydrogen-bond acceptors (Lipinski definition) is 3. The second-order valence-electron chi connectivity index (χ2n) is 6.94. The molecule has 0 aliphatic carbocycles. The molecular weight excluding hydrogens is 352 g/mol. The molecule has 0 spiro atoms. The van der Waals surface area contributed by atoms with E-state index in [0.29, 0.717) is 39.3 Å². The number of halogens is 2. The first-order chi connectivity index (χ1) is 12.7. The first-order valence-corrected chi connectivity index (χ1v) is 9.16. The summed E-state index contributed by atoms with van der Waals surface area (Å²) in [5.41, 5.74) is 1.06. The van der Waals surface area contributed by atoms with Crippen LogP contribution in [0.1, 0.15) is 31.1 Å². The maximum absolute atomic E-state index is 13.4. The van der Waals surface area contributed by atoms with Crippen molar-refractivity contribution in [1.82, 2.24) is 14.7 Å². The molecule has 1 saturated heterocycles. The molecule has 5 nitrogen and oxygen atoms in total. The molecule has 0 aromatic heterocycles. The molecule has 0 bridgehead atoms. The Hall–Kier alpha value is -2.28. The predicted octanol–water partition coefficient (Wildman–Crippen LogP) is 2.54. The van der Waals surface area contributed by atoms with Gasteiger partial charge in [0.15, 0.2) is 11.6 Å². The van der Waals surface area contributed by atoms with Gasteiger partial charge in [0.2, 0.25) is 5.91 Å². The standard InChI is InChI=1S/C20H27F2N3O2/c1-5-23(13-14(2)3)19(26)15(4)24-8-10-25(11-9-24)20(27)16-6-7-17(21)18(22)12-16/h6-7,12,15H,2,5,8-11,13H2,1,3-4H3. The monoisotopic (exact) mass is 379 g/mol. The van der Waals surface area contributed by atoms with Crippen LogP contribution in [0, 0.1) is 11.6 Å². The van der Waals surface area contributed by atoms with E-state index in [1.54, 1.807) is 9.80 Å². The van der Waals surface area contributed by atoms with Crippen LogP contribution in [0.15, 0.2) is 30.4 Å². The molecule has 0 saturated carbocycles. The maximum atomic E-state index is 13.4. The molecule has 148 valence electrons. The number of amides is 2. The van der Waals surface area contributed by atoms with Crippen molar-refractivity contribution in [3.8, 4) is 0 Å². The van der Waals surface area contributed by atoms with Gasteiger partial charge in [-0.05, 0) is 39.0 Å². The Kier molecular flexibility index (Phi) is 7.07. The molecule has 1 aliphatic rings. The lowest BCUT2D eigenvalue weighted by atomic mass is 10.1. The van der Waals surface area contributed by atoms with Crippen LogP contribution in [0.4, 0.5) is 8.78 Å². The van der Waals surface area contributed by atoms with E-state index in [1.165, 1.54) is 6.07 Å². The lowest BCUT2D eigenvalue weighted by Crippen LogP contribution is -2.55. The fourth-order valence-corrected chi connectivity index (χ4v) is 3.22. The summed E-state index contributed by atoms with van der Waals surface area (Å²) in [7, 11) is 0. The van der Waals surface area contributed by atoms with Crippen molar-refractivity contribution in [3.63, 3.8) is 0 Å². The van der Waals surface area contributed by atoms with Crippen LogP contribution in [-0.2, 0) is 4.79 Å². The molecule has 2 rings (SSSR count). The van der Waals surface area contributed by atoms with E-state index in [-0.39, 0.29) is 23.4 Å². The Morgan fingerprint density at radius 3 is 2.33 bits per heavy atom. The zero-order valence-corrected chi connectivity index (χ0v) is 16.2. The van der Waals surface area contributed by atoms with E-state index in [4.69, 9.17) is 0 Å². The van der Waals surface area contributed by atoms with Crippen molar-refractivity contribution in [2.45, 2.75) is 26.8 Å². The Bertz CT molecular complexity index is 715. The number of nitrogens with zero attached hydrogens (tertiary/aromatic N) is 3. The van der Waals surface area contributed by atoms with Gasteiger partial charge in [-0.2, -0.15) is 0 Å². The van der Waals surface area contributed by atoms with Crippen molar-refractivity contribution in [1.29, 1.82) is 0 Å². The molecule has 0 N–H and O–H groups in total. The van der Waals surface area contributed by atoms with Crippen molar-refractivity contribution < 1.29 is 18.4 Å². The number of rotatable bonds is 6. The number of piperazine rings is 1. The van der Waals surface area contributed by atoms with E-state index in [2.05, 4.69) is 6.58 Å². The zero-order chi connectivity index (χ0) is 20.1. The highest BCUT2D eigenvalue weighted by atomic mass is 19.2. The molecular formula is C20H27F2N3O2. The fraction of sp³-hybridized carbons (Fsp3) is 0.500. The fourth-order valence-electron chi connectivity index (χ4n) is 3.22. The molecule has 27 heavy (non-hydrogen) atoms. The van der Waals surface area contributed by atoms with Crippen molar-refractivity contribution >= 4 is 11.8 Å². The number of benzene rings is 1. The Morgan fingerprint density at radius 1 is 1.19 bits per heavy atom. The molecule has 1 heterocycles. The van der Waals surface area contributed by atoms with Crippen LogP contribution >= 0.6 is 0 Å². The van der Waals surface area contributed by atoms with Gasteiger partial charge < -0.3 is 9.80 Å². The molecule has 1 aromatic carbocycles. The average Bonchev–Trinajstić information content (AvgIpc) is 2.66. The number of hydrogen-bond donors (Lipinski definition) is 0. The lowest BCUT2D eigenvalue weighted by Gasteiger charge is -2.39. The van der Waals surface area contributed by atoms with Crippen molar-refractivity contribution in [2.75, 3.05) is 39.3 Å². The third kappa shape index (κ3) is 5.13. The minimum Gasteiger partial charge on any atom is -0.338 e. The van der Waals surface area contributed by atoms with E-state index in [9.17, 15) is 18.4 Å². The van der Waals surface area contributed by atoms with Crippen LogP contribution in [0.3, 0.4) is 0 Å². The highest BCUT2D eigenvalue weighted by molar-refractivity contribution is 5.94. The van der Waals surface area contributed by atoms with Gasteiger partial charge in [0.25, 0.3) is 5.91 Å². The minimum absolute atomic E-state index is 0.0425. The zero-order valence-electron chi connectivity index (χ0n) is 16.2. The van der Waals surface area contributed by atoms with Gasteiger partial charge in [-0.1, -0.05) is 12.2 Å². The summed E-state index contributed by atoms with van der Waals surface area (Å²) in [6.45, 7) is 12.7. The summed E-state index contributed by atoms with van der Waals surface area (Å²) in [6, 6.07) is 2.88. The number of likely N-dealkylation sites (N-methyl/N-ethyl adjacent to an activating group) is 1. The second-order valence-corrected chi connectivity index (χ2v) is 6.94. The van der Waals surface area contributed by atoms with Crippen LogP contribution < -0.4 is 0 Å². The number of carbonyl (C=O) groups is 2. The second kappa shape index (κ2) is 9.08. The Balaban J connectivity index is 1.95. The smallest absolute Gasteiger partial charge is 0.254 e. The summed E-state index contributed by atoms with van der Waals surface area (Å²) >= 11 is 0. The third-order valence-electron chi connectivity index (χ3n) is 4.83. The predicted molar refractivity (Wildman–Crippen MR) is 100 cm³/mol. The van der Waals surface area contributed by atoms with Gasteiger partial charge in [-0.3, -0.25) is 14.5 Å². The minimum atomic E-state index is -1.03. The summed E-state index contributed by atoms with van der Waals surface area (Å²) in [4.78, 5) is 30.6. The van der Waals surface area contributed by atoms with E-state index >= 15 is 0 Å². The summed E-state index contributed by atoms with van der Waals surface area (Å²) < 4.78 is 26.4. The topological polar surface area (TPSA) is 43.9 Å². The third-order valence-corrected chi connectivity index (χ3v) is 4.83. The molecule has 1 aromatic rings. The molecule has 1 atom stereocenters. The highest BCUT2D eigenvalue weighted by Gasteiger charge is 2.30. The maximum Gasteiger partial charge on any atom is 0.254 e. The summed E-state index contributed by atoms with van der Waals surface area (Å²) in [5, 5.41) is 0. The highest BCUT2D eigenvalue weighted by Crippen LogP contribution is 2.15. The van der Waals surface area contributed by atoms with Gasteiger partial charge in [-0.15, -0.1) is 0 Å². The van der Waals surface area contributed by atoms with E-state index < -0.39 is 11.6 Å².